The summed E-state index contributed by atoms with van der Waals surface area (Å²) in [6.45, 7) is 6.26. The molecule has 1 N–H and O–H groups in total. The van der Waals surface area contributed by atoms with Crippen molar-refractivity contribution in [3.63, 3.8) is 0 Å². The first kappa shape index (κ1) is 14.5. The fourth-order valence-corrected chi connectivity index (χ4v) is 2.62. The molecule has 5 heteroatoms. The molecule has 2 heterocycles. The minimum absolute atomic E-state index is 0.415. The third-order valence-electron chi connectivity index (χ3n) is 3.64. The highest BCUT2D eigenvalue weighted by molar-refractivity contribution is 4.91. The SMILES string of the molecule is CNC(Cc1ncnn1CC(C)C)CC1CCCO1. The fourth-order valence-electron chi connectivity index (χ4n) is 2.62. The highest BCUT2D eigenvalue weighted by atomic mass is 16.5. The van der Waals surface area contributed by atoms with Gasteiger partial charge < -0.3 is 10.1 Å². The molecule has 0 amide bonds. The van der Waals surface area contributed by atoms with Gasteiger partial charge in [-0.25, -0.2) is 9.67 Å². The predicted molar refractivity (Wildman–Crippen MR) is 75.0 cm³/mol. The van der Waals surface area contributed by atoms with Gasteiger partial charge in [-0.3, -0.25) is 0 Å². The van der Waals surface area contributed by atoms with E-state index in [1.807, 2.05) is 11.7 Å². The highest BCUT2D eigenvalue weighted by Gasteiger charge is 2.21. The Bertz CT molecular complexity index is 371. The third-order valence-corrected chi connectivity index (χ3v) is 3.64. The van der Waals surface area contributed by atoms with Crippen LogP contribution in [0.3, 0.4) is 0 Å². The van der Waals surface area contributed by atoms with E-state index in [0.717, 1.165) is 31.8 Å². The largest absolute Gasteiger partial charge is 0.378 e. The zero-order valence-corrected chi connectivity index (χ0v) is 12.3. The first-order valence-electron chi connectivity index (χ1n) is 7.34. The van der Waals surface area contributed by atoms with Gasteiger partial charge in [0.05, 0.1) is 6.10 Å². The Hall–Kier alpha value is -0.940. The van der Waals surface area contributed by atoms with E-state index in [1.165, 1.54) is 12.8 Å². The Kier molecular flexibility index (Phi) is 5.34. The van der Waals surface area contributed by atoms with Crippen LogP contribution in [0.25, 0.3) is 0 Å². The van der Waals surface area contributed by atoms with E-state index >= 15 is 0 Å². The lowest BCUT2D eigenvalue weighted by atomic mass is 10.0. The van der Waals surface area contributed by atoms with E-state index in [4.69, 9.17) is 4.74 Å². The summed E-state index contributed by atoms with van der Waals surface area (Å²) in [6, 6.07) is 0.415. The molecule has 0 aromatic carbocycles. The molecule has 5 nitrogen and oxygen atoms in total. The molecule has 1 aromatic heterocycles. The van der Waals surface area contributed by atoms with Gasteiger partial charge in [0.1, 0.15) is 12.2 Å². The number of nitrogens with one attached hydrogen (secondary N) is 1. The topological polar surface area (TPSA) is 52.0 Å². The molecule has 2 rings (SSSR count). The lowest BCUT2D eigenvalue weighted by molar-refractivity contribution is 0.0950. The Labute approximate surface area is 115 Å². The van der Waals surface area contributed by atoms with E-state index < -0.39 is 0 Å². The molecule has 2 atom stereocenters. The maximum absolute atomic E-state index is 5.72. The van der Waals surface area contributed by atoms with E-state index in [1.54, 1.807) is 6.33 Å². The van der Waals surface area contributed by atoms with Crippen LogP contribution in [0.4, 0.5) is 0 Å². The standard InChI is InChI=1S/C14H26N4O/c1-11(2)9-18-14(16-10-17-18)8-12(15-3)7-13-5-4-6-19-13/h10-13,15H,4-9H2,1-3H3. The number of likely N-dealkylation sites (N-methyl/N-ethyl adjacent to an activating group) is 1. The molecule has 0 radical (unpaired) electrons. The van der Waals surface area contributed by atoms with Crippen LogP contribution in [-0.4, -0.2) is 40.6 Å². The Balaban J connectivity index is 1.91. The fraction of sp³-hybridized carbons (Fsp3) is 0.857. The lowest BCUT2D eigenvalue weighted by Gasteiger charge is -2.20. The number of aromatic nitrogens is 3. The summed E-state index contributed by atoms with van der Waals surface area (Å²) in [6.07, 6.45) is 6.45. The summed E-state index contributed by atoms with van der Waals surface area (Å²) >= 11 is 0. The van der Waals surface area contributed by atoms with Crippen LogP contribution in [0.1, 0.15) is 38.9 Å². The first-order chi connectivity index (χ1) is 9.19. The van der Waals surface area contributed by atoms with Crippen LogP contribution in [0, 0.1) is 5.92 Å². The number of ether oxygens (including phenoxy) is 1. The van der Waals surface area contributed by atoms with Gasteiger partial charge in [-0.05, 0) is 32.2 Å². The maximum atomic E-state index is 5.72. The van der Waals surface area contributed by atoms with Gasteiger partial charge in [-0.15, -0.1) is 0 Å². The Morgan fingerprint density at radius 2 is 2.37 bits per heavy atom. The van der Waals surface area contributed by atoms with E-state index in [-0.39, 0.29) is 0 Å². The molecule has 0 bridgehead atoms. The highest BCUT2D eigenvalue weighted by Crippen LogP contribution is 2.18. The summed E-state index contributed by atoms with van der Waals surface area (Å²) in [7, 11) is 2.02. The second-order valence-electron chi connectivity index (χ2n) is 5.81. The van der Waals surface area contributed by atoms with Crippen LogP contribution in [0.2, 0.25) is 0 Å². The molecule has 108 valence electrons. The molecule has 1 fully saturated rings. The number of nitrogens with zero attached hydrogens (tertiary/aromatic N) is 3. The van der Waals surface area contributed by atoms with Gasteiger partial charge in [0.2, 0.25) is 0 Å². The maximum Gasteiger partial charge on any atom is 0.138 e. The van der Waals surface area contributed by atoms with Crippen molar-refractivity contribution >= 4 is 0 Å². The lowest BCUT2D eigenvalue weighted by Crippen LogP contribution is -2.33. The number of hydrogen-bond acceptors (Lipinski definition) is 4. The van der Waals surface area contributed by atoms with Crippen molar-refractivity contribution in [2.45, 2.75) is 58.2 Å². The molecule has 1 aromatic rings. The minimum atomic E-state index is 0.415. The molecular formula is C14H26N4O. The van der Waals surface area contributed by atoms with E-state index in [0.29, 0.717) is 18.1 Å². The Morgan fingerprint density at radius 1 is 1.53 bits per heavy atom. The smallest absolute Gasteiger partial charge is 0.138 e. The average molecular weight is 266 g/mol. The van der Waals surface area contributed by atoms with Gasteiger partial charge >= 0.3 is 0 Å². The molecule has 0 spiro atoms. The first-order valence-corrected chi connectivity index (χ1v) is 7.34. The molecular weight excluding hydrogens is 240 g/mol. The van der Waals surface area contributed by atoms with Gasteiger partial charge in [-0.2, -0.15) is 5.10 Å². The average Bonchev–Trinajstić information content (AvgIpc) is 3.00. The van der Waals surface area contributed by atoms with Crippen molar-refractivity contribution < 1.29 is 4.74 Å². The molecule has 2 unspecified atom stereocenters. The summed E-state index contributed by atoms with van der Waals surface area (Å²) < 4.78 is 7.75. The second kappa shape index (κ2) is 7.01. The monoisotopic (exact) mass is 266 g/mol. The van der Waals surface area contributed by atoms with Crippen molar-refractivity contribution in [1.29, 1.82) is 0 Å². The molecule has 0 aliphatic carbocycles. The molecule has 1 saturated heterocycles. The second-order valence-corrected chi connectivity index (χ2v) is 5.81. The predicted octanol–water partition coefficient (Wildman–Crippen LogP) is 1.63. The van der Waals surface area contributed by atoms with Crippen LogP contribution in [0.15, 0.2) is 6.33 Å². The number of hydrogen-bond donors (Lipinski definition) is 1. The number of rotatable bonds is 7. The summed E-state index contributed by atoms with van der Waals surface area (Å²) in [5, 5.41) is 7.71. The zero-order valence-electron chi connectivity index (χ0n) is 12.3. The third kappa shape index (κ3) is 4.28. The summed E-state index contributed by atoms with van der Waals surface area (Å²) in [5.74, 6) is 1.66. The van der Waals surface area contributed by atoms with Gasteiger partial charge in [0.15, 0.2) is 0 Å². The summed E-state index contributed by atoms with van der Waals surface area (Å²) in [5.41, 5.74) is 0. The van der Waals surface area contributed by atoms with Crippen molar-refractivity contribution in [2.24, 2.45) is 5.92 Å². The quantitative estimate of drug-likeness (QED) is 0.815. The van der Waals surface area contributed by atoms with E-state index in [2.05, 4.69) is 29.2 Å². The molecule has 1 aliphatic rings. The van der Waals surface area contributed by atoms with Crippen molar-refractivity contribution in [3.8, 4) is 0 Å². The van der Waals surface area contributed by atoms with Crippen LogP contribution < -0.4 is 5.32 Å². The summed E-state index contributed by atoms with van der Waals surface area (Å²) in [4.78, 5) is 4.40. The normalized spacial score (nSPS) is 21.2. The van der Waals surface area contributed by atoms with Gasteiger partial charge in [0, 0.05) is 25.6 Å². The zero-order chi connectivity index (χ0) is 13.7. The van der Waals surface area contributed by atoms with Crippen LogP contribution in [0.5, 0.6) is 0 Å². The van der Waals surface area contributed by atoms with Crippen molar-refractivity contribution in [2.75, 3.05) is 13.7 Å². The minimum Gasteiger partial charge on any atom is -0.378 e. The molecule has 0 saturated carbocycles. The van der Waals surface area contributed by atoms with Crippen molar-refractivity contribution in [3.05, 3.63) is 12.2 Å². The molecule has 1 aliphatic heterocycles. The molecule has 19 heavy (non-hydrogen) atoms. The Morgan fingerprint density at radius 3 is 3.00 bits per heavy atom. The van der Waals surface area contributed by atoms with E-state index in [9.17, 15) is 0 Å². The van der Waals surface area contributed by atoms with Crippen LogP contribution >= 0.6 is 0 Å². The van der Waals surface area contributed by atoms with Gasteiger partial charge in [0.25, 0.3) is 0 Å². The van der Waals surface area contributed by atoms with Crippen molar-refractivity contribution in [1.82, 2.24) is 20.1 Å². The van der Waals surface area contributed by atoms with Crippen LogP contribution in [-0.2, 0) is 17.7 Å². The van der Waals surface area contributed by atoms with Gasteiger partial charge in [-0.1, -0.05) is 13.8 Å².